The number of nitrogens with zero attached hydrogens (tertiary/aromatic N) is 1. The Morgan fingerprint density at radius 1 is 1.44 bits per heavy atom. The highest BCUT2D eigenvalue weighted by Crippen LogP contribution is 2.23. The zero-order chi connectivity index (χ0) is 11.5. The van der Waals surface area contributed by atoms with Crippen molar-refractivity contribution in [3.63, 3.8) is 0 Å². The molecule has 1 atom stereocenters. The fourth-order valence-corrected chi connectivity index (χ4v) is 2.45. The molecule has 1 aromatic carbocycles. The summed E-state index contributed by atoms with van der Waals surface area (Å²) in [6.45, 7) is 6.30. The lowest BCUT2D eigenvalue weighted by molar-refractivity contribution is 0.165. The number of benzene rings is 1. The zero-order valence-corrected chi connectivity index (χ0v) is 10.9. The third kappa shape index (κ3) is 2.89. The summed E-state index contributed by atoms with van der Waals surface area (Å²) in [6, 6.07) is 6.28. The SMILES string of the molecule is C[C@H]1CNCCN1Cc1ccc(Cl)cc1Cl. The third-order valence-corrected chi connectivity index (χ3v) is 3.61. The van der Waals surface area contributed by atoms with Crippen molar-refractivity contribution in [3.8, 4) is 0 Å². The minimum Gasteiger partial charge on any atom is -0.314 e. The Bertz CT molecular complexity index is 368. The van der Waals surface area contributed by atoms with Gasteiger partial charge in [0.05, 0.1) is 0 Å². The molecule has 2 rings (SSSR count). The highest BCUT2D eigenvalue weighted by Gasteiger charge is 2.18. The first-order chi connectivity index (χ1) is 7.66. The van der Waals surface area contributed by atoms with E-state index in [4.69, 9.17) is 23.2 Å². The van der Waals surface area contributed by atoms with Gasteiger partial charge in [0.25, 0.3) is 0 Å². The van der Waals surface area contributed by atoms with Gasteiger partial charge in [-0.3, -0.25) is 4.90 Å². The molecule has 0 spiro atoms. The van der Waals surface area contributed by atoms with E-state index in [9.17, 15) is 0 Å². The number of piperazine rings is 1. The lowest BCUT2D eigenvalue weighted by Gasteiger charge is -2.34. The molecular formula is C12H16Cl2N2. The molecule has 0 bridgehead atoms. The summed E-state index contributed by atoms with van der Waals surface area (Å²) in [5.41, 5.74) is 1.15. The largest absolute Gasteiger partial charge is 0.314 e. The molecule has 0 saturated carbocycles. The van der Waals surface area contributed by atoms with Crippen LogP contribution in [0.25, 0.3) is 0 Å². The van der Waals surface area contributed by atoms with Crippen LogP contribution in [0.4, 0.5) is 0 Å². The van der Waals surface area contributed by atoms with Gasteiger partial charge in [-0.1, -0.05) is 29.3 Å². The molecule has 1 aliphatic rings. The lowest BCUT2D eigenvalue weighted by Crippen LogP contribution is -2.49. The Morgan fingerprint density at radius 2 is 2.25 bits per heavy atom. The number of rotatable bonds is 2. The normalized spacial score (nSPS) is 22.3. The van der Waals surface area contributed by atoms with E-state index in [1.807, 2.05) is 18.2 Å². The predicted octanol–water partition coefficient (Wildman–Crippen LogP) is 2.79. The average Bonchev–Trinajstić information content (AvgIpc) is 2.25. The van der Waals surface area contributed by atoms with Gasteiger partial charge in [0.15, 0.2) is 0 Å². The Labute approximate surface area is 107 Å². The van der Waals surface area contributed by atoms with E-state index in [-0.39, 0.29) is 0 Å². The van der Waals surface area contributed by atoms with Gasteiger partial charge in [-0.15, -0.1) is 0 Å². The highest BCUT2D eigenvalue weighted by molar-refractivity contribution is 6.35. The maximum atomic E-state index is 6.17. The van der Waals surface area contributed by atoms with Crippen LogP contribution >= 0.6 is 23.2 Å². The maximum Gasteiger partial charge on any atom is 0.0465 e. The van der Waals surface area contributed by atoms with Crippen LogP contribution in [0.1, 0.15) is 12.5 Å². The minimum absolute atomic E-state index is 0.556. The Kier molecular flexibility index (Phi) is 4.09. The van der Waals surface area contributed by atoms with Gasteiger partial charge in [0, 0.05) is 42.3 Å². The second-order valence-electron chi connectivity index (χ2n) is 4.26. The van der Waals surface area contributed by atoms with E-state index in [0.29, 0.717) is 11.1 Å². The van der Waals surface area contributed by atoms with Gasteiger partial charge in [0.1, 0.15) is 0 Å². The van der Waals surface area contributed by atoms with Gasteiger partial charge in [-0.25, -0.2) is 0 Å². The molecule has 0 radical (unpaired) electrons. The van der Waals surface area contributed by atoms with Crippen LogP contribution in [-0.4, -0.2) is 30.6 Å². The van der Waals surface area contributed by atoms with E-state index in [2.05, 4.69) is 17.1 Å². The van der Waals surface area contributed by atoms with Crippen molar-refractivity contribution < 1.29 is 0 Å². The number of hydrogen-bond acceptors (Lipinski definition) is 2. The number of nitrogens with one attached hydrogen (secondary N) is 1. The fourth-order valence-electron chi connectivity index (χ4n) is 1.99. The van der Waals surface area contributed by atoms with Gasteiger partial charge in [-0.2, -0.15) is 0 Å². The second kappa shape index (κ2) is 5.37. The zero-order valence-electron chi connectivity index (χ0n) is 9.34. The molecule has 1 saturated heterocycles. The quantitative estimate of drug-likeness (QED) is 0.878. The summed E-state index contributed by atoms with van der Waals surface area (Å²) < 4.78 is 0. The molecular weight excluding hydrogens is 243 g/mol. The van der Waals surface area contributed by atoms with Crippen molar-refractivity contribution in [1.29, 1.82) is 0 Å². The molecule has 0 unspecified atom stereocenters. The number of halogens is 2. The van der Waals surface area contributed by atoms with Crippen LogP contribution in [0, 0.1) is 0 Å². The van der Waals surface area contributed by atoms with E-state index in [1.54, 1.807) is 0 Å². The van der Waals surface area contributed by atoms with Crippen molar-refractivity contribution in [1.82, 2.24) is 10.2 Å². The summed E-state index contributed by atoms with van der Waals surface area (Å²) in [4.78, 5) is 2.44. The lowest BCUT2D eigenvalue weighted by atomic mass is 10.1. The van der Waals surface area contributed by atoms with Crippen molar-refractivity contribution in [2.24, 2.45) is 0 Å². The number of hydrogen-bond donors (Lipinski definition) is 1. The van der Waals surface area contributed by atoms with Crippen molar-refractivity contribution in [2.45, 2.75) is 19.5 Å². The molecule has 88 valence electrons. The first-order valence-corrected chi connectivity index (χ1v) is 6.31. The molecule has 0 aliphatic carbocycles. The monoisotopic (exact) mass is 258 g/mol. The first-order valence-electron chi connectivity index (χ1n) is 5.55. The minimum atomic E-state index is 0.556. The van der Waals surface area contributed by atoms with Crippen molar-refractivity contribution in [2.75, 3.05) is 19.6 Å². The summed E-state index contributed by atoms with van der Waals surface area (Å²) in [6.07, 6.45) is 0. The van der Waals surface area contributed by atoms with Crippen LogP contribution in [0.3, 0.4) is 0 Å². The van der Waals surface area contributed by atoms with Crippen LogP contribution in [0.5, 0.6) is 0 Å². The van der Waals surface area contributed by atoms with Gasteiger partial charge >= 0.3 is 0 Å². The Morgan fingerprint density at radius 3 is 2.94 bits per heavy atom. The maximum absolute atomic E-state index is 6.17. The standard InChI is InChI=1S/C12H16Cl2N2/c1-9-7-15-4-5-16(9)8-10-2-3-11(13)6-12(10)14/h2-3,6,9,15H,4-5,7-8H2,1H3/t9-/m0/s1. The molecule has 16 heavy (non-hydrogen) atoms. The van der Waals surface area contributed by atoms with Gasteiger partial charge in [-0.05, 0) is 24.6 Å². The summed E-state index contributed by atoms with van der Waals surface area (Å²) >= 11 is 12.1. The highest BCUT2D eigenvalue weighted by atomic mass is 35.5. The summed E-state index contributed by atoms with van der Waals surface area (Å²) in [7, 11) is 0. The molecule has 1 heterocycles. The molecule has 0 aromatic heterocycles. The Balaban J connectivity index is 2.07. The second-order valence-corrected chi connectivity index (χ2v) is 5.10. The average molecular weight is 259 g/mol. The topological polar surface area (TPSA) is 15.3 Å². The van der Waals surface area contributed by atoms with Gasteiger partial charge in [0.2, 0.25) is 0 Å². The molecule has 1 aromatic rings. The molecule has 1 aliphatic heterocycles. The van der Waals surface area contributed by atoms with Gasteiger partial charge < -0.3 is 5.32 Å². The van der Waals surface area contributed by atoms with E-state index in [0.717, 1.165) is 36.8 Å². The van der Waals surface area contributed by atoms with Crippen LogP contribution in [-0.2, 0) is 6.54 Å². The summed E-state index contributed by atoms with van der Waals surface area (Å²) in [5, 5.41) is 4.84. The smallest absolute Gasteiger partial charge is 0.0465 e. The van der Waals surface area contributed by atoms with Crippen LogP contribution < -0.4 is 5.32 Å². The van der Waals surface area contributed by atoms with Crippen LogP contribution in [0.2, 0.25) is 10.0 Å². The Hall–Kier alpha value is -0.280. The predicted molar refractivity (Wildman–Crippen MR) is 69.2 cm³/mol. The summed E-state index contributed by atoms with van der Waals surface area (Å²) in [5.74, 6) is 0. The molecule has 1 N–H and O–H groups in total. The molecule has 0 amide bonds. The van der Waals surface area contributed by atoms with E-state index < -0.39 is 0 Å². The van der Waals surface area contributed by atoms with Crippen LogP contribution in [0.15, 0.2) is 18.2 Å². The van der Waals surface area contributed by atoms with E-state index >= 15 is 0 Å². The van der Waals surface area contributed by atoms with Crippen molar-refractivity contribution in [3.05, 3.63) is 33.8 Å². The van der Waals surface area contributed by atoms with Crippen molar-refractivity contribution >= 4 is 23.2 Å². The first kappa shape index (κ1) is 12.2. The molecule has 1 fully saturated rings. The molecule has 4 heteroatoms. The van der Waals surface area contributed by atoms with E-state index in [1.165, 1.54) is 0 Å². The fraction of sp³-hybridized carbons (Fsp3) is 0.500. The molecule has 2 nitrogen and oxygen atoms in total. The third-order valence-electron chi connectivity index (χ3n) is 3.03.